The van der Waals surface area contributed by atoms with Crippen molar-refractivity contribution in [3.8, 4) is 0 Å². The van der Waals surface area contributed by atoms with Gasteiger partial charge in [0.2, 0.25) is 0 Å². The van der Waals surface area contributed by atoms with Gasteiger partial charge in [0.05, 0.1) is 18.0 Å². The van der Waals surface area contributed by atoms with Gasteiger partial charge in [-0.3, -0.25) is 9.80 Å². The normalized spacial score (nSPS) is 16.6. The molecular formula is C20H26Cl3N3OS. The van der Waals surface area contributed by atoms with Crippen molar-refractivity contribution < 1.29 is 5.11 Å². The molecule has 8 heteroatoms. The second kappa shape index (κ2) is 10.9. The highest BCUT2D eigenvalue weighted by Gasteiger charge is 2.24. The zero-order valence-electron chi connectivity index (χ0n) is 15.6. The maximum atomic E-state index is 9.09. The molecule has 2 aliphatic rings. The number of nitrogens with zero attached hydrogens (tertiary/aromatic N) is 3. The molecule has 0 aromatic heterocycles. The Balaban J connectivity index is 0.00000140. The Bertz CT molecular complexity index is 772. The van der Waals surface area contributed by atoms with Crippen LogP contribution in [-0.2, 0) is 0 Å². The lowest BCUT2D eigenvalue weighted by atomic mass is 10.2. The fraction of sp³-hybridized carbons (Fsp3) is 0.400. The minimum atomic E-state index is 0. The summed E-state index contributed by atoms with van der Waals surface area (Å²) in [6, 6.07) is 14.8. The van der Waals surface area contributed by atoms with E-state index < -0.39 is 0 Å². The van der Waals surface area contributed by atoms with Crippen LogP contribution in [0.3, 0.4) is 0 Å². The Kier molecular flexibility index (Phi) is 9.22. The molecule has 4 nitrogen and oxygen atoms in total. The van der Waals surface area contributed by atoms with Crippen molar-refractivity contribution in [3.63, 3.8) is 0 Å². The van der Waals surface area contributed by atoms with Gasteiger partial charge in [-0.2, -0.15) is 0 Å². The van der Waals surface area contributed by atoms with Crippen LogP contribution in [0.15, 0.2) is 52.3 Å². The summed E-state index contributed by atoms with van der Waals surface area (Å²) in [5.74, 6) is 0. The van der Waals surface area contributed by atoms with E-state index in [9.17, 15) is 0 Å². The molecule has 0 amide bonds. The smallest absolute Gasteiger partial charge is 0.0568 e. The van der Waals surface area contributed by atoms with Gasteiger partial charge in [0, 0.05) is 60.6 Å². The monoisotopic (exact) mass is 461 g/mol. The van der Waals surface area contributed by atoms with Crippen LogP contribution >= 0.6 is 48.2 Å². The molecular weight excluding hydrogens is 437 g/mol. The summed E-state index contributed by atoms with van der Waals surface area (Å²) in [6.45, 7) is 7.21. The van der Waals surface area contributed by atoms with Crippen LogP contribution < -0.4 is 4.90 Å². The number of aliphatic hydroxyl groups is 1. The van der Waals surface area contributed by atoms with E-state index in [0.29, 0.717) is 0 Å². The molecule has 1 N–H and O–H groups in total. The SMILES string of the molecule is Cl.Cl.OCCN1CCN(CCN2c3ccccc3Sc3ccc(Cl)cc32)CC1. The third-order valence-electron chi connectivity index (χ3n) is 5.11. The minimum absolute atomic E-state index is 0. The van der Waals surface area contributed by atoms with Crippen molar-refractivity contribution in [1.82, 2.24) is 9.80 Å². The summed E-state index contributed by atoms with van der Waals surface area (Å²) in [7, 11) is 0. The summed E-state index contributed by atoms with van der Waals surface area (Å²) in [4.78, 5) is 9.82. The van der Waals surface area contributed by atoms with Crippen LogP contribution in [-0.4, -0.2) is 67.3 Å². The summed E-state index contributed by atoms with van der Waals surface area (Å²) >= 11 is 8.11. The van der Waals surface area contributed by atoms with Gasteiger partial charge in [0.25, 0.3) is 0 Å². The van der Waals surface area contributed by atoms with Gasteiger partial charge in [-0.1, -0.05) is 35.5 Å². The zero-order chi connectivity index (χ0) is 17.9. The highest BCUT2D eigenvalue weighted by molar-refractivity contribution is 7.99. The Hall–Kier alpha value is -0.660. The van der Waals surface area contributed by atoms with Crippen molar-refractivity contribution in [3.05, 3.63) is 47.5 Å². The molecule has 154 valence electrons. The molecule has 0 spiro atoms. The van der Waals surface area contributed by atoms with Crippen molar-refractivity contribution in [2.75, 3.05) is 57.3 Å². The number of aliphatic hydroxyl groups excluding tert-OH is 1. The Morgan fingerprint density at radius 1 is 0.821 bits per heavy atom. The van der Waals surface area contributed by atoms with Gasteiger partial charge in [-0.05, 0) is 30.3 Å². The number of hydrogen-bond donors (Lipinski definition) is 1. The van der Waals surface area contributed by atoms with Crippen LogP contribution in [0.2, 0.25) is 5.02 Å². The molecule has 0 unspecified atom stereocenters. The Labute approximate surface area is 188 Å². The quantitative estimate of drug-likeness (QED) is 0.711. The maximum absolute atomic E-state index is 9.09. The average Bonchev–Trinajstić information content (AvgIpc) is 2.67. The molecule has 0 saturated carbocycles. The summed E-state index contributed by atoms with van der Waals surface area (Å²) in [5.41, 5.74) is 2.48. The van der Waals surface area contributed by atoms with Crippen molar-refractivity contribution in [2.24, 2.45) is 0 Å². The second-order valence-corrected chi connectivity index (χ2v) is 8.26. The number of halogens is 3. The zero-order valence-corrected chi connectivity index (χ0v) is 18.8. The number of hydrogen-bond acceptors (Lipinski definition) is 5. The van der Waals surface area contributed by atoms with Crippen LogP contribution in [0.1, 0.15) is 0 Å². The van der Waals surface area contributed by atoms with Crippen molar-refractivity contribution in [2.45, 2.75) is 9.79 Å². The molecule has 1 fully saturated rings. The maximum Gasteiger partial charge on any atom is 0.0568 e. The first-order chi connectivity index (χ1) is 12.7. The molecule has 2 aromatic rings. The lowest BCUT2D eigenvalue weighted by molar-refractivity contribution is 0.114. The summed E-state index contributed by atoms with van der Waals surface area (Å²) in [6.07, 6.45) is 0. The van der Waals surface area contributed by atoms with Gasteiger partial charge >= 0.3 is 0 Å². The van der Waals surface area contributed by atoms with Gasteiger partial charge in [-0.15, -0.1) is 24.8 Å². The topological polar surface area (TPSA) is 30.0 Å². The summed E-state index contributed by atoms with van der Waals surface area (Å²) < 4.78 is 0. The molecule has 0 bridgehead atoms. The molecule has 0 aliphatic carbocycles. The number of piperazine rings is 1. The molecule has 2 heterocycles. The fourth-order valence-corrected chi connectivity index (χ4v) is 4.91. The minimum Gasteiger partial charge on any atom is -0.395 e. The van der Waals surface area contributed by atoms with E-state index in [1.165, 1.54) is 21.2 Å². The van der Waals surface area contributed by atoms with E-state index in [1.807, 2.05) is 17.8 Å². The van der Waals surface area contributed by atoms with Gasteiger partial charge in [0.1, 0.15) is 0 Å². The number of benzene rings is 2. The highest BCUT2D eigenvalue weighted by Crippen LogP contribution is 2.48. The first-order valence-corrected chi connectivity index (χ1v) is 10.3. The first-order valence-electron chi connectivity index (χ1n) is 9.14. The molecule has 2 aliphatic heterocycles. The number of β-amino-alcohol motifs (C(OH)–C–C–N with tert-alkyl or cyclic N) is 1. The molecule has 0 atom stereocenters. The molecule has 2 aromatic carbocycles. The first kappa shape index (κ1) is 23.6. The van der Waals surface area contributed by atoms with Crippen LogP contribution in [0.25, 0.3) is 0 Å². The molecule has 1 saturated heterocycles. The largest absolute Gasteiger partial charge is 0.395 e. The number of fused-ring (bicyclic) bond motifs is 2. The lowest BCUT2D eigenvalue weighted by Gasteiger charge is -2.37. The molecule has 4 rings (SSSR count). The lowest BCUT2D eigenvalue weighted by Crippen LogP contribution is -2.48. The van der Waals surface area contributed by atoms with Gasteiger partial charge in [0.15, 0.2) is 0 Å². The van der Waals surface area contributed by atoms with Crippen molar-refractivity contribution in [1.29, 1.82) is 0 Å². The fourth-order valence-electron chi connectivity index (χ4n) is 3.66. The van der Waals surface area contributed by atoms with Crippen LogP contribution in [0.5, 0.6) is 0 Å². The molecule has 0 radical (unpaired) electrons. The van der Waals surface area contributed by atoms with Crippen molar-refractivity contribution >= 4 is 59.6 Å². The van der Waals surface area contributed by atoms with E-state index in [0.717, 1.165) is 50.8 Å². The average molecular weight is 463 g/mol. The third kappa shape index (κ3) is 5.28. The third-order valence-corrected chi connectivity index (χ3v) is 6.47. The van der Waals surface area contributed by atoms with E-state index in [2.05, 4.69) is 51.1 Å². The number of anilines is 2. The van der Waals surface area contributed by atoms with E-state index in [-0.39, 0.29) is 31.4 Å². The molecule has 28 heavy (non-hydrogen) atoms. The van der Waals surface area contributed by atoms with Gasteiger partial charge in [-0.25, -0.2) is 0 Å². The second-order valence-electron chi connectivity index (χ2n) is 6.74. The predicted octanol–water partition coefficient (Wildman–Crippen LogP) is 4.40. The van der Waals surface area contributed by atoms with Crippen LogP contribution in [0.4, 0.5) is 11.4 Å². The highest BCUT2D eigenvalue weighted by atomic mass is 35.5. The van der Waals surface area contributed by atoms with E-state index >= 15 is 0 Å². The number of rotatable bonds is 5. The number of para-hydroxylation sites is 1. The Morgan fingerprint density at radius 2 is 1.46 bits per heavy atom. The predicted molar refractivity (Wildman–Crippen MR) is 123 cm³/mol. The standard InChI is InChI=1S/C20H24ClN3OS.2ClH/c21-16-5-6-20-18(15-16)24(17-3-1-2-4-19(17)26-20)12-11-22-7-9-23(10-8-22)13-14-25;;/h1-6,15,25H,7-14H2;2*1H. The van der Waals surface area contributed by atoms with E-state index in [1.54, 1.807) is 0 Å². The summed E-state index contributed by atoms with van der Waals surface area (Å²) in [5, 5.41) is 9.88. The Morgan fingerprint density at radius 3 is 2.18 bits per heavy atom. The van der Waals surface area contributed by atoms with Gasteiger partial charge < -0.3 is 10.0 Å². The van der Waals surface area contributed by atoms with Crippen LogP contribution in [0, 0.1) is 0 Å². The van der Waals surface area contributed by atoms with E-state index in [4.69, 9.17) is 16.7 Å².